The molecule has 1 heterocycles. The second-order valence-electron chi connectivity index (χ2n) is 11.1. The van der Waals surface area contributed by atoms with Gasteiger partial charge < -0.3 is 4.74 Å². The predicted molar refractivity (Wildman–Crippen MR) is 155 cm³/mol. The number of hydrogen-bond acceptors (Lipinski definition) is 8. The number of nitro groups is 1. The van der Waals surface area contributed by atoms with Crippen molar-refractivity contribution in [3.8, 4) is 0 Å². The first-order valence-electron chi connectivity index (χ1n) is 13.1. The van der Waals surface area contributed by atoms with Crippen LogP contribution >= 0.6 is 0 Å². The number of amides is 1. The smallest absolute Gasteiger partial charge is 0.424 e. The largest absolute Gasteiger partial charge is 0.443 e. The van der Waals surface area contributed by atoms with Crippen LogP contribution in [0.4, 0.5) is 10.5 Å². The van der Waals surface area contributed by atoms with Crippen LogP contribution in [-0.2, 0) is 31.2 Å². The SMILES string of the molecule is Cc1ccc(S(=O)(=O)n2ccc3c4c(ccc32)[C@H](N(C(=O)OC(C)(C)C)S(=O)(=O)c2ccccc2[N+](=O)[O-])CC4)cc1. The Hall–Kier alpha value is -4.23. The van der Waals surface area contributed by atoms with E-state index in [0.717, 1.165) is 17.7 Å². The lowest BCUT2D eigenvalue weighted by Crippen LogP contribution is -2.42. The van der Waals surface area contributed by atoms with Crippen molar-refractivity contribution in [1.82, 2.24) is 8.28 Å². The fourth-order valence-electron chi connectivity index (χ4n) is 5.21. The molecule has 0 N–H and O–H groups in total. The molecule has 0 unspecified atom stereocenters. The number of nitro benzene ring substituents is 1. The first-order chi connectivity index (χ1) is 19.6. The molecule has 0 spiro atoms. The van der Waals surface area contributed by atoms with Gasteiger partial charge in [-0.25, -0.2) is 25.6 Å². The molecule has 0 saturated heterocycles. The number of rotatable bonds is 6. The van der Waals surface area contributed by atoms with Gasteiger partial charge >= 0.3 is 6.09 Å². The summed E-state index contributed by atoms with van der Waals surface area (Å²) in [5, 5.41) is 12.3. The fourth-order valence-corrected chi connectivity index (χ4v) is 8.21. The monoisotopic (exact) mass is 611 g/mol. The lowest BCUT2D eigenvalue weighted by molar-refractivity contribution is -0.387. The van der Waals surface area contributed by atoms with E-state index in [1.54, 1.807) is 51.1 Å². The summed E-state index contributed by atoms with van der Waals surface area (Å²) in [6, 6.07) is 15.1. The number of hydrogen-bond donors (Lipinski definition) is 0. The molecule has 4 aromatic rings. The average molecular weight is 612 g/mol. The van der Waals surface area contributed by atoms with Crippen molar-refractivity contribution in [2.24, 2.45) is 0 Å². The van der Waals surface area contributed by atoms with E-state index in [0.29, 0.717) is 32.8 Å². The molecule has 0 aliphatic heterocycles. The van der Waals surface area contributed by atoms with E-state index in [9.17, 15) is 31.7 Å². The number of fused-ring (bicyclic) bond motifs is 3. The zero-order valence-electron chi connectivity index (χ0n) is 23.3. The standard InChI is InChI=1S/C29H29N3O8S2/c1-19-9-11-20(12-10-19)41(36,37)30-18-17-23-21-13-16-25(22(21)14-15-24(23)30)31(28(33)40-29(2,3)4)42(38,39)27-8-6-5-7-26(27)32(34)35/h5-12,14-15,17-18,25H,13,16H2,1-4H3/t25-/m1/s1. The Morgan fingerprint density at radius 3 is 2.31 bits per heavy atom. The third-order valence-corrected chi connectivity index (χ3v) is 10.6. The van der Waals surface area contributed by atoms with Crippen LogP contribution in [0, 0.1) is 17.0 Å². The number of para-hydroxylation sites is 1. The Morgan fingerprint density at radius 2 is 1.67 bits per heavy atom. The summed E-state index contributed by atoms with van der Waals surface area (Å²) in [6.07, 6.45) is 0.780. The van der Waals surface area contributed by atoms with Gasteiger partial charge in [0.25, 0.3) is 25.7 Å². The summed E-state index contributed by atoms with van der Waals surface area (Å²) in [5.74, 6) is 0. The molecular weight excluding hydrogens is 582 g/mol. The van der Waals surface area contributed by atoms with E-state index in [1.165, 1.54) is 34.4 Å². The Balaban J connectivity index is 1.64. The molecule has 1 atom stereocenters. The molecule has 1 aromatic heterocycles. The van der Waals surface area contributed by atoms with Crippen LogP contribution in [0.1, 0.15) is 49.9 Å². The van der Waals surface area contributed by atoms with Gasteiger partial charge in [-0.3, -0.25) is 10.1 Å². The van der Waals surface area contributed by atoms with Gasteiger partial charge in [0.1, 0.15) is 5.60 Å². The molecule has 5 rings (SSSR count). The zero-order chi connectivity index (χ0) is 30.6. The second kappa shape index (κ2) is 10.2. The van der Waals surface area contributed by atoms with Gasteiger partial charge in [-0.1, -0.05) is 35.9 Å². The first kappa shape index (κ1) is 29.3. The molecule has 42 heavy (non-hydrogen) atoms. The minimum atomic E-state index is -4.77. The van der Waals surface area contributed by atoms with Crippen LogP contribution in [0.15, 0.2) is 82.7 Å². The van der Waals surface area contributed by atoms with Crippen LogP contribution in [0.5, 0.6) is 0 Å². The van der Waals surface area contributed by atoms with Gasteiger partial charge in [-0.15, -0.1) is 0 Å². The number of nitrogens with zero attached hydrogens (tertiary/aromatic N) is 3. The highest BCUT2D eigenvalue weighted by Gasteiger charge is 2.44. The zero-order valence-corrected chi connectivity index (χ0v) is 25.0. The van der Waals surface area contributed by atoms with Gasteiger partial charge in [-0.05, 0) is 82.0 Å². The van der Waals surface area contributed by atoms with E-state index in [4.69, 9.17) is 4.74 Å². The highest BCUT2D eigenvalue weighted by Crippen LogP contribution is 2.44. The summed E-state index contributed by atoms with van der Waals surface area (Å²) in [5.41, 5.74) is 0.766. The van der Waals surface area contributed by atoms with E-state index < -0.39 is 53.3 Å². The first-order valence-corrected chi connectivity index (χ1v) is 16.0. The van der Waals surface area contributed by atoms with Crippen LogP contribution in [-0.4, -0.2) is 41.7 Å². The van der Waals surface area contributed by atoms with E-state index in [-0.39, 0.29) is 11.3 Å². The van der Waals surface area contributed by atoms with Crippen molar-refractivity contribution in [2.45, 2.75) is 62.0 Å². The summed E-state index contributed by atoms with van der Waals surface area (Å²) < 4.78 is 62.1. The molecule has 220 valence electrons. The number of carbonyl (C=O) groups is 1. The second-order valence-corrected chi connectivity index (χ2v) is 14.7. The summed E-state index contributed by atoms with van der Waals surface area (Å²) in [4.78, 5) is 23.9. The molecular formula is C29H29N3O8S2. The molecule has 1 aliphatic rings. The van der Waals surface area contributed by atoms with Crippen molar-refractivity contribution in [3.05, 3.63) is 99.7 Å². The molecule has 0 bridgehead atoms. The van der Waals surface area contributed by atoms with E-state index in [2.05, 4.69) is 0 Å². The minimum absolute atomic E-state index is 0.121. The van der Waals surface area contributed by atoms with Crippen LogP contribution in [0.3, 0.4) is 0 Å². The Kier molecular flexibility index (Phi) is 7.14. The molecule has 3 aromatic carbocycles. The molecule has 0 radical (unpaired) electrons. The fraction of sp³-hybridized carbons (Fsp3) is 0.276. The highest BCUT2D eigenvalue weighted by molar-refractivity contribution is 7.90. The Labute approximate surface area is 243 Å². The van der Waals surface area contributed by atoms with Gasteiger partial charge in [0.2, 0.25) is 0 Å². The van der Waals surface area contributed by atoms with Crippen LogP contribution in [0.2, 0.25) is 0 Å². The molecule has 0 saturated carbocycles. The van der Waals surface area contributed by atoms with Crippen molar-refractivity contribution in [1.29, 1.82) is 0 Å². The quantitative estimate of drug-likeness (QED) is 0.199. The Morgan fingerprint density at radius 1 is 1.00 bits per heavy atom. The predicted octanol–water partition coefficient (Wildman–Crippen LogP) is 5.71. The number of ether oxygens (including phenoxy) is 1. The lowest BCUT2D eigenvalue weighted by atomic mass is 10.0. The number of aryl methyl sites for hydroxylation is 2. The van der Waals surface area contributed by atoms with Crippen molar-refractivity contribution in [2.75, 3.05) is 0 Å². The van der Waals surface area contributed by atoms with Crippen LogP contribution in [0.25, 0.3) is 10.9 Å². The van der Waals surface area contributed by atoms with Gasteiger partial charge in [0.05, 0.1) is 21.4 Å². The summed E-state index contributed by atoms with van der Waals surface area (Å²) >= 11 is 0. The third kappa shape index (κ3) is 5.02. The minimum Gasteiger partial charge on any atom is -0.443 e. The van der Waals surface area contributed by atoms with Crippen molar-refractivity contribution < 1.29 is 31.3 Å². The van der Waals surface area contributed by atoms with E-state index >= 15 is 0 Å². The lowest BCUT2D eigenvalue weighted by Gasteiger charge is -2.31. The van der Waals surface area contributed by atoms with Gasteiger partial charge in [-0.2, -0.15) is 4.31 Å². The highest BCUT2D eigenvalue weighted by atomic mass is 32.2. The number of sulfonamides is 1. The average Bonchev–Trinajstić information content (AvgIpc) is 3.53. The number of carbonyl (C=O) groups excluding carboxylic acids is 1. The van der Waals surface area contributed by atoms with Crippen molar-refractivity contribution in [3.63, 3.8) is 0 Å². The maximum absolute atomic E-state index is 14.0. The maximum atomic E-state index is 14.0. The third-order valence-electron chi connectivity index (χ3n) is 7.04. The summed E-state index contributed by atoms with van der Waals surface area (Å²) in [7, 11) is -8.69. The van der Waals surface area contributed by atoms with Crippen LogP contribution < -0.4 is 0 Å². The molecule has 1 amide bonds. The molecule has 13 heteroatoms. The summed E-state index contributed by atoms with van der Waals surface area (Å²) in [6.45, 7) is 6.62. The van der Waals surface area contributed by atoms with Crippen molar-refractivity contribution >= 4 is 42.7 Å². The normalized spacial score (nSPS) is 15.4. The number of benzene rings is 3. The number of aromatic nitrogens is 1. The molecule has 11 nitrogen and oxygen atoms in total. The molecule has 1 aliphatic carbocycles. The topological polar surface area (TPSA) is 146 Å². The van der Waals surface area contributed by atoms with E-state index in [1.807, 2.05) is 6.92 Å². The Bertz CT molecular complexity index is 1940. The molecule has 0 fully saturated rings. The van der Waals surface area contributed by atoms with Gasteiger partial charge in [0.15, 0.2) is 4.90 Å². The van der Waals surface area contributed by atoms with Gasteiger partial charge in [0, 0.05) is 17.6 Å². The maximum Gasteiger partial charge on any atom is 0.424 e.